The second-order valence-corrected chi connectivity index (χ2v) is 5.96. The van der Waals surface area contributed by atoms with E-state index in [0.29, 0.717) is 6.54 Å². The third-order valence-electron chi connectivity index (χ3n) is 3.68. The van der Waals surface area contributed by atoms with Crippen LogP contribution >= 0.6 is 11.3 Å². The van der Waals surface area contributed by atoms with Crippen molar-refractivity contribution in [3.05, 3.63) is 22.4 Å². The lowest BCUT2D eigenvalue weighted by atomic mass is 10.1. The third-order valence-corrected chi connectivity index (χ3v) is 4.66. The first-order chi connectivity index (χ1) is 9.65. The minimum absolute atomic E-state index is 0.0272. The summed E-state index contributed by atoms with van der Waals surface area (Å²) < 4.78 is 0. The molecule has 6 nitrogen and oxygen atoms in total. The summed E-state index contributed by atoms with van der Waals surface area (Å²) in [5.41, 5.74) is 0. The SMILES string of the molecule is O=C1NC(=O)[C@@H](CC(=O)N2CCC[C@H]2c2cccs2)N1. The molecule has 2 N–H and O–H groups in total. The fourth-order valence-corrected chi connectivity index (χ4v) is 3.61. The summed E-state index contributed by atoms with van der Waals surface area (Å²) in [5.74, 6) is -0.501. The first kappa shape index (κ1) is 13.1. The maximum Gasteiger partial charge on any atom is 0.322 e. The molecule has 0 saturated carbocycles. The number of amides is 4. The highest BCUT2D eigenvalue weighted by Gasteiger charge is 2.36. The lowest BCUT2D eigenvalue weighted by Crippen LogP contribution is -2.38. The van der Waals surface area contributed by atoms with Gasteiger partial charge in [-0.25, -0.2) is 4.79 Å². The number of likely N-dealkylation sites (tertiary alicyclic amines) is 1. The Labute approximate surface area is 120 Å². The second-order valence-electron chi connectivity index (χ2n) is 4.98. The molecule has 0 bridgehead atoms. The Morgan fingerprint density at radius 2 is 2.30 bits per heavy atom. The molecular weight excluding hydrogens is 278 g/mol. The van der Waals surface area contributed by atoms with E-state index in [4.69, 9.17) is 0 Å². The highest BCUT2D eigenvalue weighted by atomic mass is 32.1. The fraction of sp³-hybridized carbons (Fsp3) is 0.462. The Morgan fingerprint density at radius 1 is 1.45 bits per heavy atom. The van der Waals surface area contributed by atoms with E-state index in [1.807, 2.05) is 22.4 Å². The quantitative estimate of drug-likeness (QED) is 0.816. The Bertz CT molecular complexity index is 543. The highest BCUT2D eigenvalue weighted by molar-refractivity contribution is 7.10. The molecule has 7 heteroatoms. The van der Waals surface area contributed by atoms with E-state index in [0.717, 1.165) is 12.8 Å². The zero-order chi connectivity index (χ0) is 14.1. The summed E-state index contributed by atoms with van der Waals surface area (Å²) in [6, 6.07) is 2.86. The van der Waals surface area contributed by atoms with Crippen LogP contribution in [0.15, 0.2) is 17.5 Å². The molecule has 2 saturated heterocycles. The molecule has 1 aromatic heterocycles. The maximum absolute atomic E-state index is 12.4. The molecule has 106 valence electrons. The Hall–Kier alpha value is -1.89. The molecule has 3 rings (SSSR count). The summed E-state index contributed by atoms with van der Waals surface area (Å²) >= 11 is 1.64. The van der Waals surface area contributed by atoms with Gasteiger partial charge in [0.2, 0.25) is 5.91 Å². The van der Waals surface area contributed by atoms with Crippen LogP contribution in [0.1, 0.15) is 30.2 Å². The Morgan fingerprint density at radius 3 is 2.95 bits per heavy atom. The number of nitrogens with zero attached hydrogens (tertiary/aromatic N) is 1. The summed E-state index contributed by atoms with van der Waals surface area (Å²) in [7, 11) is 0. The van der Waals surface area contributed by atoms with E-state index in [1.165, 1.54) is 4.88 Å². The van der Waals surface area contributed by atoms with E-state index < -0.39 is 18.0 Å². The van der Waals surface area contributed by atoms with Crippen LogP contribution in [0.3, 0.4) is 0 Å². The normalized spacial score (nSPS) is 25.7. The van der Waals surface area contributed by atoms with Gasteiger partial charge in [0.15, 0.2) is 0 Å². The molecule has 0 unspecified atom stereocenters. The van der Waals surface area contributed by atoms with Gasteiger partial charge in [-0.05, 0) is 24.3 Å². The molecule has 20 heavy (non-hydrogen) atoms. The number of imide groups is 1. The van der Waals surface area contributed by atoms with E-state index in [1.54, 1.807) is 11.3 Å². The first-order valence-corrected chi connectivity index (χ1v) is 7.47. The van der Waals surface area contributed by atoms with Crippen LogP contribution in [0.5, 0.6) is 0 Å². The number of carbonyl (C=O) groups is 3. The summed E-state index contributed by atoms with van der Waals surface area (Å²) in [4.78, 5) is 37.9. The van der Waals surface area contributed by atoms with Crippen molar-refractivity contribution < 1.29 is 14.4 Å². The number of thiophene rings is 1. The van der Waals surface area contributed by atoms with Crippen molar-refractivity contribution in [3.8, 4) is 0 Å². The van der Waals surface area contributed by atoms with Crippen molar-refractivity contribution in [2.75, 3.05) is 6.54 Å². The van der Waals surface area contributed by atoms with Crippen molar-refractivity contribution in [2.24, 2.45) is 0 Å². The van der Waals surface area contributed by atoms with Gasteiger partial charge >= 0.3 is 6.03 Å². The van der Waals surface area contributed by atoms with Gasteiger partial charge in [0, 0.05) is 11.4 Å². The Kier molecular flexibility index (Phi) is 3.43. The van der Waals surface area contributed by atoms with Gasteiger partial charge in [0.25, 0.3) is 5.91 Å². The molecule has 0 spiro atoms. The molecule has 0 aromatic carbocycles. The van der Waals surface area contributed by atoms with Crippen molar-refractivity contribution in [2.45, 2.75) is 31.3 Å². The molecule has 2 atom stereocenters. The van der Waals surface area contributed by atoms with Gasteiger partial charge in [-0.15, -0.1) is 11.3 Å². The van der Waals surface area contributed by atoms with Crippen molar-refractivity contribution in [1.82, 2.24) is 15.5 Å². The average Bonchev–Trinajstić information content (AvgIpc) is 3.11. The standard InChI is InChI=1S/C13H15N3O3S/c17-11(7-8-12(18)15-13(19)14-8)16-5-1-3-9(16)10-4-2-6-20-10/h2,4,6,8-9H,1,3,5,7H2,(H2,14,15,18,19)/t8-,9+/m1/s1. The predicted molar refractivity (Wildman–Crippen MR) is 73.1 cm³/mol. The summed E-state index contributed by atoms with van der Waals surface area (Å²) in [6.07, 6.45) is 1.95. The minimum atomic E-state index is -0.736. The zero-order valence-corrected chi connectivity index (χ0v) is 11.6. The van der Waals surface area contributed by atoms with Gasteiger partial charge in [0.05, 0.1) is 12.5 Å². The zero-order valence-electron chi connectivity index (χ0n) is 10.8. The predicted octanol–water partition coefficient (Wildman–Crippen LogP) is 1.01. The van der Waals surface area contributed by atoms with Crippen molar-refractivity contribution >= 4 is 29.2 Å². The van der Waals surface area contributed by atoms with Gasteiger partial charge in [-0.1, -0.05) is 6.07 Å². The van der Waals surface area contributed by atoms with Crippen LogP contribution in [-0.4, -0.2) is 35.3 Å². The molecule has 0 aliphatic carbocycles. The van der Waals surface area contributed by atoms with Gasteiger partial charge < -0.3 is 10.2 Å². The van der Waals surface area contributed by atoms with Crippen LogP contribution in [0.25, 0.3) is 0 Å². The maximum atomic E-state index is 12.4. The van der Waals surface area contributed by atoms with Crippen molar-refractivity contribution in [3.63, 3.8) is 0 Å². The third kappa shape index (κ3) is 2.40. The molecule has 0 radical (unpaired) electrons. The van der Waals surface area contributed by atoms with E-state index in [9.17, 15) is 14.4 Å². The topological polar surface area (TPSA) is 78.5 Å². The highest BCUT2D eigenvalue weighted by Crippen LogP contribution is 2.34. The van der Waals surface area contributed by atoms with Gasteiger partial charge in [-0.2, -0.15) is 0 Å². The Balaban J connectivity index is 1.67. The summed E-state index contributed by atoms with van der Waals surface area (Å²) in [5, 5.41) is 6.61. The van der Waals surface area contributed by atoms with Gasteiger partial charge in [0.1, 0.15) is 6.04 Å². The first-order valence-electron chi connectivity index (χ1n) is 6.59. The van der Waals surface area contributed by atoms with Crippen LogP contribution in [-0.2, 0) is 9.59 Å². The van der Waals surface area contributed by atoms with E-state index in [-0.39, 0.29) is 18.4 Å². The average molecular weight is 293 g/mol. The van der Waals surface area contributed by atoms with Crippen LogP contribution in [0.4, 0.5) is 4.79 Å². The van der Waals surface area contributed by atoms with E-state index >= 15 is 0 Å². The largest absolute Gasteiger partial charge is 0.335 e. The lowest BCUT2D eigenvalue weighted by molar-refractivity contribution is -0.134. The molecule has 2 aliphatic rings. The molecular formula is C13H15N3O3S. The van der Waals surface area contributed by atoms with Gasteiger partial charge in [-0.3, -0.25) is 14.9 Å². The van der Waals surface area contributed by atoms with E-state index in [2.05, 4.69) is 10.6 Å². The molecule has 2 aliphatic heterocycles. The van der Waals surface area contributed by atoms with Crippen molar-refractivity contribution in [1.29, 1.82) is 0 Å². The number of hydrogen-bond donors (Lipinski definition) is 2. The molecule has 2 fully saturated rings. The van der Waals surface area contributed by atoms with Crippen LogP contribution in [0.2, 0.25) is 0 Å². The number of urea groups is 1. The molecule has 4 amide bonds. The summed E-state index contributed by atoms with van der Waals surface area (Å²) in [6.45, 7) is 0.712. The molecule has 3 heterocycles. The number of nitrogens with one attached hydrogen (secondary N) is 2. The minimum Gasteiger partial charge on any atom is -0.335 e. The van der Waals surface area contributed by atoms with Crippen LogP contribution in [0, 0.1) is 0 Å². The smallest absolute Gasteiger partial charge is 0.322 e. The number of rotatable bonds is 3. The number of hydrogen-bond acceptors (Lipinski definition) is 4. The van der Waals surface area contributed by atoms with Crippen LogP contribution < -0.4 is 10.6 Å². The lowest BCUT2D eigenvalue weighted by Gasteiger charge is -2.24. The monoisotopic (exact) mass is 293 g/mol. The molecule has 1 aromatic rings. The second kappa shape index (κ2) is 5.24. The fourth-order valence-electron chi connectivity index (χ4n) is 2.74. The number of carbonyl (C=O) groups excluding carboxylic acids is 3.